The van der Waals surface area contributed by atoms with Crippen molar-refractivity contribution >= 4 is 21.6 Å². The zero-order valence-electron chi connectivity index (χ0n) is 11.6. The van der Waals surface area contributed by atoms with E-state index in [4.69, 9.17) is 11.6 Å². The van der Waals surface area contributed by atoms with Gasteiger partial charge in [-0.15, -0.1) is 0 Å². The number of rotatable bonds is 7. The second kappa shape index (κ2) is 7.24. The number of nitrogens with zero attached hydrogens (tertiary/aromatic N) is 1. The lowest BCUT2D eigenvalue weighted by Gasteiger charge is -2.18. The summed E-state index contributed by atoms with van der Waals surface area (Å²) in [5.41, 5.74) is 0.898. The molecule has 1 aromatic rings. The number of nitrogens with one attached hydrogen (secondary N) is 1. The molecular weight excluding hydrogens is 284 g/mol. The van der Waals surface area contributed by atoms with Crippen LogP contribution in [0, 0.1) is 0 Å². The molecule has 0 fully saturated rings. The Hall–Kier alpha value is -0.620. The largest absolute Gasteiger partial charge is 0.316 e. The number of unbranched alkanes of at least 4 members (excludes halogenated alkanes) is 1. The maximum atomic E-state index is 12.4. The summed E-state index contributed by atoms with van der Waals surface area (Å²) >= 11 is 6.03. The molecule has 0 aliphatic rings. The monoisotopic (exact) mass is 304 g/mol. The molecule has 19 heavy (non-hydrogen) atoms. The third-order valence-electron chi connectivity index (χ3n) is 2.89. The smallest absolute Gasteiger partial charge is 0.244 e. The van der Waals surface area contributed by atoms with Crippen LogP contribution in [-0.4, -0.2) is 33.4 Å². The summed E-state index contributed by atoms with van der Waals surface area (Å²) in [4.78, 5) is 0.181. The van der Waals surface area contributed by atoms with Gasteiger partial charge < -0.3 is 5.32 Å². The molecule has 1 aromatic carbocycles. The van der Waals surface area contributed by atoms with Crippen molar-refractivity contribution in [3.8, 4) is 0 Å². The van der Waals surface area contributed by atoms with Crippen LogP contribution in [0.4, 0.5) is 0 Å². The lowest BCUT2D eigenvalue weighted by atomic mass is 10.2. The van der Waals surface area contributed by atoms with Crippen molar-refractivity contribution in [1.29, 1.82) is 0 Å². The minimum atomic E-state index is -3.51. The van der Waals surface area contributed by atoms with E-state index in [2.05, 4.69) is 5.32 Å². The predicted molar refractivity (Wildman–Crippen MR) is 78.9 cm³/mol. The predicted octanol–water partition coefficient (Wildman–Crippen LogP) is 2.48. The van der Waals surface area contributed by atoms with Gasteiger partial charge in [-0.05, 0) is 31.2 Å². The van der Waals surface area contributed by atoms with Crippen molar-refractivity contribution < 1.29 is 8.42 Å². The average molecular weight is 305 g/mol. The normalized spacial score (nSPS) is 12.1. The van der Waals surface area contributed by atoms with Gasteiger partial charge in [0.1, 0.15) is 4.90 Å². The van der Waals surface area contributed by atoms with E-state index < -0.39 is 10.0 Å². The van der Waals surface area contributed by atoms with Gasteiger partial charge in [-0.25, -0.2) is 12.7 Å². The summed E-state index contributed by atoms with van der Waals surface area (Å²) in [5.74, 6) is 0. The summed E-state index contributed by atoms with van der Waals surface area (Å²) in [7, 11) is -0.104. The maximum Gasteiger partial charge on any atom is 0.244 e. The Kier molecular flexibility index (Phi) is 6.26. The Labute approximate surface area is 120 Å². The van der Waals surface area contributed by atoms with Crippen LogP contribution in [-0.2, 0) is 16.6 Å². The molecule has 0 atom stereocenters. The number of benzene rings is 1. The molecule has 0 amide bonds. The van der Waals surface area contributed by atoms with Crippen molar-refractivity contribution in [3.05, 3.63) is 28.8 Å². The van der Waals surface area contributed by atoms with Gasteiger partial charge in [0.2, 0.25) is 10.0 Å². The Morgan fingerprint density at radius 1 is 1.37 bits per heavy atom. The first-order valence-electron chi connectivity index (χ1n) is 6.32. The third-order valence-corrected chi connectivity index (χ3v) is 5.23. The lowest BCUT2D eigenvalue weighted by Crippen LogP contribution is -2.28. The first-order valence-corrected chi connectivity index (χ1v) is 8.14. The van der Waals surface area contributed by atoms with Crippen LogP contribution in [0.25, 0.3) is 0 Å². The molecule has 0 aliphatic heterocycles. The van der Waals surface area contributed by atoms with Gasteiger partial charge in [-0.3, -0.25) is 0 Å². The third kappa shape index (κ3) is 4.18. The van der Waals surface area contributed by atoms with Crippen molar-refractivity contribution in [2.45, 2.75) is 31.2 Å². The molecule has 0 aromatic heterocycles. The summed E-state index contributed by atoms with van der Waals surface area (Å²) in [6, 6.07) is 5.09. The van der Waals surface area contributed by atoms with Crippen LogP contribution >= 0.6 is 11.6 Å². The fraction of sp³-hybridized carbons (Fsp3) is 0.538. The van der Waals surface area contributed by atoms with Gasteiger partial charge in [0.15, 0.2) is 0 Å². The van der Waals surface area contributed by atoms with Gasteiger partial charge in [0, 0.05) is 20.1 Å². The highest BCUT2D eigenvalue weighted by atomic mass is 35.5. The quantitative estimate of drug-likeness (QED) is 0.842. The van der Waals surface area contributed by atoms with E-state index in [1.807, 2.05) is 20.0 Å². The van der Waals surface area contributed by atoms with Gasteiger partial charge in [-0.2, -0.15) is 0 Å². The minimum Gasteiger partial charge on any atom is -0.316 e. The molecule has 6 heteroatoms. The van der Waals surface area contributed by atoms with E-state index in [0.29, 0.717) is 13.1 Å². The van der Waals surface area contributed by atoms with Gasteiger partial charge >= 0.3 is 0 Å². The highest BCUT2D eigenvalue weighted by Crippen LogP contribution is 2.25. The second-order valence-corrected chi connectivity index (χ2v) is 6.90. The molecule has 0 saturated carbocycles. The maximum absolute atomic E-state index is 12.4. The van der Waals surface area contributed by atoms with E-state index >= 15 is 0 Å². The summed E-state index contributed by atoms with van der Waals surface area (Å²) in [6.07, 6.45) is 1.79. The van der Waals surface area contributed by atoms with Crippen molar-refractivity contribution in [2.75, 3.05) is 20.6 Å². The average Bonchev–Trinajstić information content (AvgIpc) is 2.38. The Morgan fingerprint density at radius 3 is 2.63 bits per heavy atom. The summed E-state index contributed by atoms with van der Waals surface area (Å²) < 4.78 is 26.2. The molecule has 4 nitrogen and oxygen atoms in total. The Morgan fingerprint density at radius 2 is 2.05 bits per heavy atom. The number of halogens is 1. The lowest BCUT2D eigenvalue weighted by molar-refractivity contribution is 0.459. The fourth-order valence-corrected chi connectivity index (χ4v) is 3.46. The molecule has 0 unspecified atom stereocenters. The van der Waals surface area contributed by atoms with Crippen LogP contribution in [0.1, 0.15) is 25.3 Å². The fourth-order valence-electron chi connectivity index (χ4n) is 1.73. The first kappa shape index (κ1) is 16.4. The molecule has 0 bridgehead atoms. The van der Waals surface area contributed by atoms with E-state index in [-0.39, 0.29) is 9.92 Å². The molecule has 0 aliphatic carbocycles. The topological polar surface area (TPSA) is 49.4 Å². The molecule has 0 radical (unpaired) electrons. The van der Waals surface area contributed by atoms with Crippen LogP contribution in [0.2, 0.25) is 5.02 Å². The summed E-state index contributed by atoms with van der Waals surface area (Å²) in [5, 5.41) is 3.26. The van der Waals surface area contributed by atoms with Gasteiger partial charge in [-0.1, -0.05) is 31.0 Å². The van der Waals surface area contributed by atoms with Crippen molar-refractivity contribution in [3.63, 3.8) is 0 Å². The molecule has 108 valence electrons. The van der Waals surface area contributed by atoms with Crippen LogP contribution < -0.4 is 5.32 Å². The van der Waals surface area contributed by atoms with E-state index in [0.717, 1.165) is 18.4 Å². The van der Waals surface area contributed by atoms with E-state index in [1.165, 1.54) is 4.31 Å². The number of hydrogen-bond donors (Lipinski definition) is 1. The standard InChI is InChI=1S/C13H21ClN2O2S/c1-4-5-8-16(3)19(17,18)13-9-11(10-15-2)6-7-12(13)14/h6-7,9,15H,4-5,8,10H2,1-3H3. The number of sulfonamides is 1. The highest BCUT2D eigenvalue weighted by molar-refractivity contribution is 7.89. The Balaban J connectivity index is 3.09. The van der Waals surface area contributed by atoms with Crippen LogP contribution in [0.5, 0.6) is 0 Å². The van der Waals surface area contributed by atoms with Crippen molar-refractivity contribution in [2.24, 2.45) is 0 Å². The highest BCUT2D eigenvalue weighted by Gasteiger charge is 2.23. The van der Waals surface area contributed by atoms with Crippen LogP contribution in [0.3, 0.4) is 0 Å². The molecule has 1 rings (SSSR count). The number of hydrogen-bond acceptors (Lipinski definition) is 3. The zero-order valence-corrected chi connectivity index (χ0v) is 13.2. The molecule has 0 heterocycles. The van der Waals surface area contributed by atoms with Gasteiger partial charge in [0.05, 0.1) is 5.02 Å². The first-order chi connectivity index (χ1) is 8.93. The zero-order chi connectivity index (χ0) is 14.5. The van der Waals surface area contributed by atoms with E-state index in [1.54, 1.807) is 19.2 Å². The van der Waals surface area contributed by atoms with Crippen LogP contribution in [0.15, 0.2) is 23.1 Å². The summed E-state index contributed by atoms with van der Waals surface area (Å²) in [6.45, 7) is 3.14. The second-order valence-electron chi connectivity index (χ2n) is 4.48. The van der Waals surface area contributed by atoms with Crippen molar-refractivity contribution in [1.82, 2.24) is 9.62 Å². The van der Waals surface area contributed by atoms with E-state index in [9.17, 15) is 8.42 Å². The molecular formula is C13H21ClN2O2S. The molecule has 0 saturated heterocycles. The van der Waals surface area contributed by atoms with Gasteiger partial charge in [0.25, 0.3) is 0 Å². The SMILES string of the molecule is CCCCN(C)S(=O)(=O)c1cc(CNC)ccc1Cl. The molecule has 1 N–H and O–H groups in total. The molecule has 0 spiro atoms. The minimum absolute atomic E-state index is 0.181. The Bertz CT molecular complexity index is 517.